The maximum absolute atomic E-state index is 4.76. The average Bonchev–Trinajstić information content (AvgIpc) is 2.52. The van der Waals surface area contributed by atoms with Gasteiger partial charge in [-0.05, 0) is 18.1 Å². The third-order valence-electron chi connectivity index (χ3n) is 1.73. The number of fused-ring (bicyclic) bond motifs is 1. The van der Waals surface area contributed by atoms with Gasteiger partial charge in [-0.3, -0.25) is 0 Å². The Morgan fingerprint density at radius 3 is 2.58 bits per heavy atom. The Morgan fingerprint density at radius 1 is 1.25 bits per heavy atom. The van der Waals surface area contributed by atoms with Gasteiger partial charge in [-0.2, -0.15) is 0 Å². The van der Waals surface area contributed by atoms with Crippen molar-refractivity contribution in [3.8, 4) is 0 Å². The lowest BCUT2D eigenvalue weighted by Gasteiger charge is -1.94. The molecule has 0 spiro atoms. The molecule has 0 bridgehead atoms. The Labute approximate surface area is 82.7 Å². The van der Waals surface area contributed by atoms with Gasteiger partial charge in [0.05, 0.1) is 5.34 Å². The molecule has 1 aromatic rings. The molecule has 0 aromatic heterocycles. The van der Waals surface area contributed by atoms with Crippen molar-refractivity contribution < 1.29 is 0 Å². The van der Waals surface area contributed by atoms with E-state index in [9.17, 15) is 0 Å². The fourth-order valence-electron chi connectivity index (χ4n) is 1.24. The zero-order valence-corrected chi connectivity index (χ0v) is 8.20. The highest BCUT2D eigenvalue weighted by molar-refractivity contribution is 6.40. The lowest BCUT2D eigenvalue weighted by atomic mass is 10.2. The molecule has 1 aliphatic rings. The van der Waals surface area contributed by atoms with Crippen molar-refractivity contribution in [2.24, 2.45) is 0 Å². The number of anilines is 1. The molecular weight excluding hydrogens is 193 g/mol. The Bertz CT molecular complexity index is 215. The molecule has 0 fully saturated rings. The number of nitrogens with one attached hydrogen (secondary N) is 1. The molecule has 0 amide bonds. The number of rotatable bonds is 0. The van der Waals surface area contributed by atoms with Crippen molar-refractivity contribution >= 4 is 28.9 Å². The first-order valence-electron chi connectivity index (χ1n) is 3.82. The van der Waals surface area contributed by atoms with E-state index in [1.54, 1.807) is 0 Å². The minimum atomic E-state index is 0.194. The summed E-state index contributed by atoms with van der Waals surface area (Å²) in [5, 5.41) is 3.49. The van der Waals surface area contributed by atoms with E-state index in [2.05, 4.69) is 29.6 Å². The van der Waals surface area contributed by atoms with Gasteiger partial charge in [0.2, 0.25) is 0 Å². The highest BCUT2D eigenvalue weighted by atomic mass is 35.5. The van der Waals surface area contributed by atoms with E-state index in [-0.39, 0.29) is 5.34 Å². The molecule has 0 radical (unpaired) electrons. The van der Waals surface area contributed by atoms with Gasteiger partial charge in [-0.15, -0.1) is 23.2 Å². The van der Waals surface area contributed by atoms with Crippen molar-refractivity contribution in [3.05, 3.63) is 29.8 Å². The Balaban J connectivity index is 0.000000213. The van der Waals surface area contributed by atoms with Crippen LogP contribution >= 0.6 is 23.2 Å². The molecule has 0 saturated carbocycles. The van der Waals surface area contributed by atoms with Gasteiger partial charge < -0.3 is 5.32 Å². The average molecular weight is 204 g/mol. The van der Waals surface area contributed by atoms with E-state index >= 15 is 0 Å². The first-order valence-corrected chi connectivity index (χ1v) is 4.89. The fraction of sp³-hybridized carbons (Fsp3) is 0.333. The van der Waals surface area contributed by atoms with E-state index < -0.39 is 0 Å². The monoisotopic (exact) mass is 203 g/mol. The number of halogens is 2. The third-order valence-corrected chi connectivity index (χ3v) is 1.73. The van der Waals surface area contributed by atoms with E-state index in [0.29, 0.717) is 0 Å². The van der Waals surface area contributed by atoms with Crippen LogP contribution < -0.4 is 5.32 Å². The number of hydrogen-bond acceptors (Lipinski definition) is 1. The quantitative estimate of drug-likeness (QED) is 0.640. The summed E-state index contributed by atoms with van der Waals surface area (Å²) < 4.78 is 0. The van der Waals surface area contributed by atoms with Gasteiger partial charge in [0, 0.05) is 12.2 Å². The van der Waals surface area contributed by atoms with Gasteiger partial charge in [0.15, 0.2) is 0 Å². The second kappa shape index (κ2) is 5.28. The molecule has 3 heteroatoms. The van der Waals surface area contributed by atoms with Crippen LogP contribution in [-0.2, 0) is 6.42 Å². The summed E-state index contributed by atoms with van der Waals surface area (Å²) in [6.07, 6.45) is 1.19. The van der Waals surface area contributed by atoms with Crippen molar-refractivity contribution in [2.45, 2.75) is 6.42 Å². The maximum atomic E-state index is 4.76. The Hall–Kier alpha value is -0.400. The van der Waals surface area contributed by atoms with Crippen LogP contribution in [0, 0.1) is 0 Å². The fourth-order valence-corrected chi connectivity index (χ4v) is 1.24. The van der Waals surface area contributed by atoms with Crippen LogP contribution in [0.2, 0.25) is 0 Å². The van der Waals surface area contributed by atoms with E-state index in [1.807, 2.05) is 0 Å². The minimum absolute atomic E-state index is 0.194. The van der Waals surface area contributed by atoms with Gasteiger partial charge in [0.25, 0.3) is 0 Å². The highest BCUT2D eigenvalue weighted by Crippen LogP contribution is 2.19. The van der Waals surface area contributed by atoms with Crippen LogP contribution in [0.5, 0.6) is 0 Å². The predicted octanol–water partition coefficient (Wildman–Crippen LogP) is 3.08. The largest absolute Gasteiger partial charge is 0.384 e. The second-order valence-electron chi connectivity index (χ2n) is 2.43. The van der Waals surface area contributed by atoms with E-state index in [4.69, 9.17) is 23.2 Å². The molecular formula is C9H11Cl2N. The molecule has 0 unspecified atom stereocenters. The normalized spacial score (nSPS) is 12.5. The summed E-state index contributed by atoms with van der Waals surface area (Å²) >= 11 is 9.53. The van der Waals surface area contributed by atoms with Crippen LogP contribution in [0.3, 0.4) is 0 Å². The van der Waals surface area contributed by atoms with Crippen LogP contribution in [-0.4, -0.2) is 11.9 Å². The topological polar surface area (TPSA) is 12.0 Å². The number of benzene rings is 1. The van der Waals surface area contributed by atoms with E-state index in [1.165, 1.54) is 17.7 Å². The first kappa shape index (κ1) is 9.69. The van der Waals surface area contributed by atoms with Gasteiger partial charge in [-0.25, -0.2) is 0 Å². The van der Waals surface area contributed by atoms with E-state index in [0.717, 1.165) is 6.54 Å². The molecule has 2 rings (SSSR count). The molecule has 1 nitrogen and oxygen atoms in total. The molecule has 1 N–H and O–H groups in total. The Morgan fingerprint density at radius 2 is 1.92 bits per heavy atom. The third kappa shape index (κ3) is 2.58. The Kier molecular flexibility index (Phi) is 4.26. The molecule has 0 atom stereocenters. The second-order valence-corrected chi connectivity index (χ2v) is 3.24. The predicted molar refractivity (Wildman–Crippen MR) is 55.2 cm³/mol. The molecule has 0 saturated heterocycles. The van der Waals surface area contributed by atoms with Crippen LogP contribution in [0.15, 0.2) is 24.3 Å². The smallest absolute Gasteiger partial charge is 0.0967 e. The highest BCUT2D eigenvalue weighted by Gasteiger charge is 2.05. The first-order chi connectivity index (χ1) is 5.88. The van der Waals surface area contributed by atoms with Crippen LogP contribution in [0.25, 0.3) is 0 Å². The minimum Gasteiger partial charge on any atom is -0.384 e. The molecule has 12 heavy (non-hydrogen) atoms. The standard InChI is InChI=1S/C8H9N.CH2Cl2/c1-2-4-8-7(3-1)5-6-9-8;2-1-3/h1-4,9H,5-6H2;1H2. The molecule has 1 aliphatic heterocycles. The lowest BCUT2D eigenvalue weighted by molar-refractivity contribution is 1.11. The van der Waals surface area contributed by atoms with Gasteiger partial charge >= 0.3 is 0 Å². The number of alkyl halides is 2. The summed E-state index contributed by atoms with van der Waals surface area (Å²) in [4.78, 5) is 0. The van der Waals surface area contributed by atoms with Crippen LogP contribution in [0.1, 0.15) is 5.56 Å². The van der Waals surface area contributed by atoms with Crippen LogP contribution in [0.4, 0.5) is 5.69 Å². The molecule has 1 heterocycles. The summed E-state index contributed by atoms with van der Waals surface area (Å²) in [7, 11) is 0. The zero-order chi connectivity index (χ0) is 8.81. The maximum Gasteiger partial charge on any atom is 0.0967 e. The van der Waals surface area contributed by atoms with Crippen molar-refractivity contribution in [3.63, 3.8) is 0 Å². The molecule has 1 aromatic carbocycles. The van der Waals surface area contributed by atoms with Gasteiger partial charge in [0.1, 0.15) is 0 Å². The zero-order valence-electron chi connectivity index (χ0n) is 6.69. The van der Waals surface area contributed by atoms with Gasteiger partial charge in [-0.1, -0.05) is 18.2 Å². The molecule has 0 aliphatic carbocycles. The number of hydrogen-bond donors (Lipinski definition) is 1. The van der Waals surface area contributed by atoms with Crippen molar-refractivity contribution in [1.82, 2.24) is 0 Å². The summed E-state index contributed by atoms with van der Waals surface area (Å²) in [5.41, 5.74) is 2.77. The lowest BCUT2D eigenvalue weighted by Crippen LogP contribution is -1.90. The number of para-hydroxylation sites is 1. The SMILES string of the molecule is ClCCl.c1ccc2c(c1)CCN2. The van der Waals surface area contributed by atoms with Crippen molar-refractivity contribution in [1.29, 1.82) is 0 Å². The van der Waals surface area contributed by atoms with Crippen molar-refractivity contribution in [2.75, 3.05) is 17.2 Å². The summed E-state index contributed by atoms with van der Waals surface area (Å²) in [6.45, 7) is 1.11. The summed E-state index contributed by atoms with van der Waals surface area (Å²) in [5.74, 6) is 0. The molecule has 66 valence electrons. The summed E-state index contributed by atoms with van der Waals surface area (Å²) in [6, 6.07) is 8.46.